The third-order valence-electron chi connectivity index (χ3n) is 3.72. The molecule has 0 amide bonds. The maximum atomic E-state index is 12.7. The molecule has 0 bridgehead atoms. The lowest BCUT2D eigenvalue weighted by atomic mass is 10.1. The number of rotatable bonds is 7. The molecule has 4 heteroatoms. The number of pyridine rings is 1. The van der Waals surface area contributed by atoms with Crippen LogP contribution in [0.1, 0.15) is 32.3 Å². The van der Waals surface area contributed by atoms with Crippen LogP contribution in [-0.2, 0) is 13.0 Å². The van der Waals surface area contributed by atoms with Gasteiger partial charge in [0.05, 0.1) is 24.8 Å². The average Bonchev–Trinajstić information content (AvgIpc) is 2.57. The monoisotopic (exact) mass is 310 g/mol. The predicted molar refractivity (Wildman–Crippen MR) is 91.5 cm³/mol. The summed E-state index contributed by atoms with van der Waals surface area (Å²) in [6, 6.07) is 13.5. The fraction of sp³-hybridized carbons (Fsp3) is 0.368. The molecule has 0 aliphatic heterocycles. The Bertz CT molecular complexity index is 757. The van der Waals surface area contributed by atoms with Crippen molar-refractivity contribution in [2.45, 2.75) is 39.7 Å². The fourth-order valence-corrected chi connectivity index (χ4v) is 2.58. The van der Waals surface area contributed by atoms with Gasteiger partial charge in [0.25, 0.3) is 5.56 Å². The first-order valence-electron chi connectivity index (χ1n) is 8.04. The summed E-state index contributed by atoms with van der Waals surface area (Å²) in [6.45, 7) is 5.25. The van der Waals surface area contributed by atoms with Crippen LogP contribution in [0, 0.1) is 11.3 Å². The van der Waals surface area contributed by atoms with Gasteiger partial charge < -0.3 is 9.30 Å². The number of ether oxygens (including phenoxy) is 1. The Morgan fingerprint density at radius 3 is 2.65 bits per heavy atom. The summed E-state index contributed by atoms with van der Waals surface area (Å²) >= 11 is 0. The molecule has 0 aliphatic rings. The number of nitriles is 1. The Kier molecular flexibility index (Phi) is 5.99. The zero-order valence-corrected chi connectivity index (χ0v) is 13.7. The van der Waals surface area contributed by atoms with Crippen LogP contribution in [-0.4, -0.2) is 11.2 Å². The minimum absolute atomic E-state index is 0.0798. The number of hydrogen-bond acceptors (Lipinski definition) is 3. The second-order valence-corrected chi connectivity index (χ2v) is 5.32. The molecule has 23 heavy (non-hydrogen) atoms. The SMILES string of the molecule is CCCCn1c(-c2ccccc2OCC)ccc(CC#N)c1=O. The summed E-state index contributed by atoms with van der Waals surface area (Å²) in [5.74, 6) is 0.771. The highest BCUT2D eigenvalue weighted by Crippen LogP contribution is 2.29. The van der Waals surface area contributed by atoms with Crippen LogP contribution in [0.3, 0.4) is 0 Å². The normalized spacial score (nSPS) is 10.3. The summed E-state index contributed by atoms with van der Waals surface area (Å²) in [5, 5.41) is 8.89. The van der Waals surface area contributed by atoms with E-state index >= 15 is 0 Å². The molecule has 0 fully saturated rings. The Hall–Kier alpha value is -2.54. The van der Waals surface area contributed by atoms with Gasteiger partial charge in [-0.2, -0.15) is 5.26 Å². The number of para-hydroxylation sites is 1. The van der Waals surface area contributed by atoms with E-state index < -0.39 is 0 Å². The molecule has 0 saturated carbocycles. The molecule has 0 saturated heterocycles. The first-order chi connectivity index (χ1) is 11.2. The zero-order chi connectivity index (χ0) is 16.7. The van der Waals surface area contributed by atoms with Gasteiger partial charge in [0.1, 0.15) is 5.75 Å². The lowest BCUT2D eigenvalue weighted by Crippen LogP contribution is -2.25. The first-order valence-corrected chi connectivity index (χ1v) is 8.04. The van der Waals surface area contributed by atoms with Crippen LogP contribution in [0.15, 0.2) is 41.2 Å². The number of unbranched alkanes of at least 4 members (excludes halogenated alkanes) is 1. The largest absolute Gasteiger partial charge is 0.493 e. The third-order valence-corrected chi connectivity index (χ3v) is 3.72. The molecule has 1 aromatic heterocycles. The van der Waals surface area contributed by atoms with Gasteiger partial charge in [-0.05, 0) is 31.5 Å². The predicted octanol–water partition coefficient (Wildman–Crippen LogP) is 3.78. The van der Waals surface area contributed by atoms with Gasteiger partial charge in [0.2, 0.25) is 0 Å². The standard InChI is InChI=1S/C19H22N2O2/c1-3-5-14-21-17(11-10-15(12-13-20)19(21)22)16-8-6-7-9-18(16)23-4-2/h6-11H,3-5,12,14H2,1-2H3. The van der Waals surface area contributed by atoms with Crippen LogP contribution in [0.5, 0.6) is 5.75 Å². The number of benzene rings is 1. The molecule has 0 N–H and O–H groups in total. The van der Waals surface area contributed by atoms with Gasteiger partial charge in [0, 0.05) is 17.7 Å². The number of aromatic nitrogens is 1. The van der Waals surface area contributed by atoms with E-state index in [1.807, 2.05) is 37.3 Å². The van der Waals surface area contributed by atoms with Crippen molar-refractivity contribution in [3.8, 4) is 23.1 Å². The van der Waals surface area contributed by atoms with Crippen LogP contribution < -0.4 is 10.3 Å². The van der Waals surface area contributed by atoms with E-state index in [4.69, 9.17) is 10.00 Å². The maximum Gasteiger partial charge on any atom is 0.255 e. The molecule has 2 aromatic rings. The number of nitrogens with zero attached hydrogens (tertiary/aromatic N) is 2. The Balaban J connectivity index is 2.60. The second kappa shape index (κ2) is 8.19. The molecule has 1 aromatic carbocycles. The molecule has 1 heterocycles. The Labute approximate surface area is 137 Å². The first kappa shape index (κ1) is 16.8. The molecule has 0 aliphatic carbocycles. The summed E-state index contributed by atoms with van der Waals surface area (Å²) in [4.78, 5) is 12.7. The summed E-state index contributed by atoms with van der Waals surface area (Å²) < 4.78 is 7.47. The Morgan fingerprint density at radius 1 is 1.17 bits per heavy atom. The Morgan fingerprint density at radius 2 is 1.96 bits per heavy atom. The van der Waals surface area contributed by atoms with Crippen LogP contribution in [0.2, 0.25) is 0 Å². The van der Waals surface area contributed by atoms with Gasteiger partial charge in [-0.25, -0.2) is 0 Å². The van der Waals surface area contributed by atoms with E-state index in [1.165, 1.54) is 0 Å². The highest BCUT2D eigenvalue weighted by atomic mass is 16.5. The molecule has 0 unspecified atom stereocenters. The van der Waals surface area contributed by atoms with Crippen molar-refractivity contribution in [3.63, 3.8) is 0 Å². The fourth-order valence-electron chi connectivity index (χ4n) is 2.58. The van der Waals surface area contributed by atoms with Crippen molar-refractivity contribution in [1.29, 1.82) is 5.26 Å². The van der Waals surface area contributed by atoms with Crippen molar-refractivity contribution in [3.05, 3.63) is 52.3 Å². The molecule has 0 atom stereocenters. The van der Waals surface area contributed by atoms with E-state index in [-0.39, 0.29) is 12.0 Å². The number of hydrogen-bond donors (Lipinski definition) is 0. The van der Waals surface area contributed by atoms with Crippen molar-refractivity contribution in [2.75, 3.05) is 6.61 Å². The van der Waals surface area contributed by atoms with E-state index in [9.17, 15) is 4.79 Å². The average molecular weight is 310 g/mol. The lowest BCUT2D eigenvalue weighted by Gasteiger charge is -2.16. The second-order valence-electron chi connectivity index (χ2n) is 5.32. The van der Waals surface area contributed by atoms with Crippen molar-refractivity contribution in [2.24, 2.45) is 0 Å². The van der Waals surface area contributed by atoms with Crippen LogP contribution in [0.25, 0.3) is 11.3 Å². The van der Waals surface area contributed by atoms with E-state index in [0.29, 0.717) is 18.7 Å². The van der Waals surface area contributed by atoms with Gasteiger partial charge in [-0.15, -0.1) is 0 Å². The molecule has 0 radical (unpaired) electrons. The minimum atomic E-state index is -0.0798. The highest BCUT2D eigenvalue weighted by Gasteiger charge is 2.13. The molecular weight excluding hydrogens is 288 g/mol. The molecular formula is C19H22N2O2. The van der Waals surface area contributed by atoms with Crippen molar-refractivity contribution in [1.82, 2.24) is 4.57 Å². The van der Waals surface area contributed by atoms with Crippen molar-refractivity contribution < 1.29 is 4.74 Å². The summed E-state index contributed by atoms with van der Waals surface area (Å²) in [6.07, 6.45) is 2.06. The van der Waals surface area contributed by atoms with E-state index in [0.717, 1.165) is 29.8 Å². The van der Waals surface area contributed by atoms with Crippen molar-refractivity contribution >= 4 is 0 Å². The summed E-state index contributed by atoms with van der Waals surface area (Å²) in [7, 11) is 0. The maximum absolute atomic E-state index is 12.7. The molecule has 4 nitrogen and oxygen atoms in total. The molecule has 120 valence electrons. The van der Waals surface area contributed by atoms with Gasteiger partial charge in [0.15, 0.2) is 0 Å². The lowest BCUT2D eigenvalue weighted by molar-refractivity contribution is 0.341. The topological polar surface area (TPSA) is 55.0 Å². The highest BCUT2D eigenvalue weighted by molar-refractivity contribution is 5.67. The minimum Gasteiger partial charge on any atom is -0.493 e. The smallest absolute Gasteiger partial charge is 0.255 e. The molecule has 2 rings (SSSR count). The van der Waals surface area contributed by atoms with Gasteiger partial charge in [-0.3, -0.25) is 4.79 Å². The quantitative estimate of drug-likeness (QED) is 0.782. The van der Waals surface area contributed by atoms with E-state index in [1.54, 1.807) is 10.6 Å². The van der Waals surface area contributed by atoms with Crippen LogP contribution >= 0.6 is 0 Å². The van der Waals surface area contributed by atoms with Gasteiger partial charge >= 0.3 is 0 Å². The van der Waals surface area contributed by atoms with E-state index in [2.05, 4.69) is 13.0 Å². The van der Waals surface area contributed by atoms with Crippen LogP contribution in [0.4, 0.5) is 0 Å². The third kappa shape index (κ3) is 3.81. The zero-order valence-electron chi connectivity index (χ0n) is 13.7. The summed E-state index contributed by atoms with van der Waals surface area (Å²) in [5.41, 5.74) is 2.21. The molecule has 0 spiro atoms. The van der Waals surface area contributed by atoms with Gasteiger partial charge in [-0.1, -0.05) is 31.5 Å².